The maximum atomic E-state index is 12.6. The van der Waals surface area contributed by atoms with Crippen molar-refractivity contribution >= 4 is 16.0 Å². The first-order valence-electron chi connectivity index (χ1n) is 7.51. The van der Waals surface area contributed by atoms with Crippen LogP contribution in [0.1, 0.15) is 13.3 Å². The highest BCUT2D eigenvalue weighted by Crippen LogP contribution is 2.21. The normalized spacial score (nSPS) is 18.5. The van der Waals surface area contributed by atoms with Gasteiger partial charge in [0.05, 0.1) is 12.0 Å². The lowest BCUT2D eigenvalue weighted by Crippen LogP contribution is -2.53. The lowest BCUT2D eigenvalue weighted by atomic mass is 10.1. The van der Waals surface area contributed by atoms with Crippen molar-refractivity contribution in [1.82, 2.24) is 9.21 Å². The van der Waals surface area contributed by atoms with Crippen molar-refractivity contribution in [2.24, 2.45) is 0 Å². The van der Waals surface area contributed by atoms with Gasteiger partial charge in [0, 0.05) is 26.2 Å². The van der Waals surface area contributed by atoms with Crippen LogP contribution in [0, 0.1) is 0 Å². The smallest absolute Gasteiger partial charge is 0.320 e. The molecule has 1 aromatic rings. The van der Waals surface area contributed by atoms with Crippen LogP contribution in [0.25, 0.3) is 0 Å². The van der Waals surface area contributed by atoms with Gasteiger partial charge in [0.15, 0.2) is 0 Å². The second-order valence-electron chi connectivity index (χ2n) is 5.38. The van der Waals surface area contributed by atoms with E-state index in [1.165, 1.54) is 23.5 Å². The SMILES string of the molecule is CCC(C(=O)O)N1CCN(S(=O)(=O)c2ccc(OC)cc2)CC1. The second-order valence-corrected chi connectivity index (χ2v) is 7.32. The summed E-state index contributed by atoms with van der Waals surface area (Å²) in [6.07, 6.45) is 0.501. The van der Waals surface area contributed by atoms with E-state index in [2.05, 4.69) is 0 Å². The molecule has 1 N–H and O–H groups in total. The molecular weight excluding hydrogens is 320 g/mol. The van der Waals surface area contributed by atoms with Crippen molar-refractivity contribution in [1.29, 1.82) is 0 Å². The zero-order valence-electron chi connectivity index (χ0n) is 13.3. The molecule has 1 aliphatic heterocycles. The van der Waals surface area contributed by atoms with E-state index in [0.717, 1.165) is 0 Å². The molecule has 1 saturated heterocycles. The first-order chi connectivity index (χ1) is 10.9. The van der Waals surface area contributed by atoms with Crippen molar-refractivity contribution in [3.63, 3.8) is 0 Å². The number of hydrogen-bond acceptors (Lipinski definition) is 5. The Balaban J connectivity index is 2.07. The van der Waals surface area contributed by atoms with Gasteiger partial charge in [0.25, 0.3) is 0 Å². The average molecular weight is 342 g/mol. The Kier molecular flexibility index (Phi) is 5.61. The minimum absolute atomic E-state index is 0.219. The van der Waals surface area contributed by atoms with Gasteiger partial charge >= 0.3 is 5.97 Å². The van der Waals surface area contributed by atoms with E-state index in [9.17, 15) is 18.3 Å². The summed E-state index contributed by atoms with van der Waals surface area (Å²) in [6, 6.07) is 5.71. The van der Waals surface area contributed by atoms with E-state index in [-0.39, 0.29) is 18.0 Å². The summed E-state index contributed by atoms with van der Waals surface area (Å²) in [5.41, 5.74) is 0. The fraction of sp³-hybridized carbons (Fsp3) is 0.533. The van der Waals surface area contributed by atoms with E-state index in [1.54, 1.807) is 12.1 Å². The number of ether oxygens (including phenoxy) is 1. The molecule has 23 heavy (non-hydrogen) atoms. The van der Waals surface area contributed by atoms with Gasteiger partial charge < -0.3 is 9.84 Å². The summed E-state index contributed by atoms with van der Waals surface area (Å²) < 4.78 is 31.7. The molecule has 1 atom stereocenters. The van der Waals surface area contributed by atoms with Gasteiger partial charge in [-0.1, -0.05) is 6.92 Å². The quantitative estimate of drug-likeness (QED) is 0.825. The van der Waals surface area contributed by atoms with E-state index in [4.69, 9.17) is 4.74 Å². The first-order valence-corrected chi connectivity index (χ1v) is 8.95. The summed E-state index contributed by atoms with van der Waals surface area (Å²) in [5.74, 6) is -0.264. The highest BCUT2D eigenvalue weighted by Gasteiger charge is 2.32. The Bertz CT molecular complexity index is 636. The molecule has 1 fully saturated rings. The van der Waals surface area contributed by atoms with Gasteiger partial charge in [-0.3, -0.25) is 9.69 Å². The Hall–Kier alpha value is -1.64. The van der Waals surface area contributed by atoms with Gasteiger partial charge in [-0.15, -0.1) is 0 Å². The number of nitrogens with zero attached hydrogens (tertiary/aromatic N) is 2. The van der Waals surface area contributed by atoms with Crippen molar-refractivity contribution in [2.75, 3.05) is 33.3 Å². The Morgan fingerprint density at radius 1 is 1.22 bits per heavy atom. The maximum absolute atomic E-state index is 12.6. The van der Waals surface area contributed by atoms with Crippen molar-refractivity contribution in [3.8, 4) is 5.75 Å². The van der Waals surface area contributed by atoms with Crippen LogP contribution in [0.2, 0.25) is 0 Å². The summed E-state index contributed by atoms with van der Waals surface area (Å²) in [6.45, 7) is 3.23. The number of sulfonamides is 1. The molecule has 0 amide bonds. The number of aliphatic carboxylic acids is 1. The van der Waals surface area contributed by atoms with E-state index >= 15 is 0 Å². The van der Waals surface area contributed by atoms with Crippen LogP contribution in [0.15, 0.2) is 29.2 Å². The van der Waals surface area contributed by atoms with Crippen LogP contribution in [0.3, 0.4) is 0 Å². The molecule has 0 aromatic heterocycles. The predicted molar refractivity (Wildman–Crippen MR) is 85.0 cm³/mol. The van der Waals surface area contributed by atoms with Crippen LogP contribution in [0.5, 0.6) is 5.75 Å². The standard InChI is InChI=1S/C15H22N2O5S/c1-3-14(15(18)19)16-8-10-17(11-9-16)23(20,21)13-6-4-12(22-2)5-7-13/h4-7,14H,3,8-11H2,1-2H3,(H,18,19). The molecule has 0 radical (unpaired) electrons. The number of methoxy groups -OCH3 is 1. The third kappa shape index (κ3) is 3.82. The van der Waals surface area contributed by atoms with Gasteiger partial charge in [-0.25, -0.2) is 8.42 Å². The first kappa shape index (κ1) is 17.7. The molecule has 128 valence electrons. The minimum Gasteiger partial charge on any atom is -0.497 e. The number of carbonyl (C=O) groups is 1. The van der Waals surface area contributed by atoms with Gasteiger partial charge in [-0.2, -0.15) is 4.31 Å². The van der Waals surface area contributed by atoms with Gasteiger partial charge in [0.2, 0.25) is 10.0 Å². The Morgan fingerprint density at radius 2 is 1.78 bits per heavy atom. The molecule has 0 bridgehead atoms. The highest BCUT2D eigenvalue weighted by atomic mass is 32.2. The molecule has 2 rings (SSSR count). The zero-order valence-corrected chi connectivity index (χ0v) is 14.1. The minimum atomic E-state index is -3.56. The lowest BCUT2D eigenvalue weighted by Gasteiger charge is -2.36. The highest BCUT2D eigenvalue weighted by molar-refractivity contribution is 7.89. The fourth-order valence-electron chi connectivity index (χ4n) is 2.74. The zero-order chi connectivity index (χ0) is 17.0. The number of carboxylic acid groups (broad SMARTS) is 1. The molecule has 0 spiro atoms. The van der Waals surface area contributed by atoms with Gasteiger partial charge in [-0.05, 0) is 30.7 Å². The molecule has 1 unspecified atom stereocenters. The lowest BCUT2D eigenvalue weighted by molar-refractivity contribution is -0.143. The van der Waals surface area contributed by atoms with E-state index < -0.39 is 22.0 Å². The summed E-state index contributed by atoms with van der Waals surface area (Å²) in [4.78, 5) is 13.2. The van der Waals surface area contributed by atoms with Crippen LogP contribution in [0.4, 0.5) is 0 Å². The van der Waals surface area contributed by atoms with Crippen molar-refractivity contribution in [2.45, 2.75) is 24.3 Å². The monoisotopic (exact) mass is 342 g/mol. The molecule has 1 aliphatic rings. The molecule has 1 aromatic carbocycles. The number of piperazine rings is 1. The topological polar surface area (TPSA) is 87.2 Å². The van der Waals surface area contributed by atoms with Crippen molar-refractivity contribution < 1.29 is 23.1 Å². The maximum Gasteiger partial charge on any atom is 0.320 e. The largest absolute Gasteiger partial charge is 0.497 e. The van der Waals surface area contributed by atoms with Crippen LogP contribution in [-0.2, 0) is 14.8 Å². The molecule has 0 aliphatic carbocycles. The number of hydrogen-bond donors (Lipinski definition) is 1. The Morgan fingerprint density at radius 3 is 2.22 bits per heavy atom. The number of carboxylic acids is 1. The third-order valence-electron chi connectivity index (χ3n) is 4.08. The number of rotatable bonds is 6. The fourth-order valence-corrected chi connectivity index (χ4v) is 4.16. The summed E-state index contributed by atoms with van der Waals surface area (Å²) in [7, 11) is -2.04. The van der Waals surface area contributed by atoms with Crippen molar-refractivity contribution in [3.05, 3.63) is 24.3 Å². The van der Waals surface area contributed by atoms with Crippen LogP contribution < -0.4 is 4.74 Å². The van der Waals surface area contributed by atoms with Crippen LogP contribution >= 0.6 is 0 Å². The van der Waals surface area contributed by atoms with Gasteiger partial charge in [0.1, 0.15) is 11.8 Å². The molecular formula is C15H22N2O5S. The Labute approximate surface area is 136 Å². The van der Waals surface area contributed by atoms with Crippen LogP contribution in [-0.4, -0.2) is 68.0 Å². The summed E-state index contributed by atoms with van der Waals surface area (Å²) in [5, 5.41) is 9.19. The molecule has 0 saturated carbocycles. The molecule has 8 heteroatoms. The second kappa shape index (κ2) is 7.29. The molecule has 1 heterocycles. The van der Waals surface area contributed by atoms with E-state index in [1.807, 2.05) is 11.8 Å². The predicted octanol–water partition coefficient (Wildman–Crippen LogP) is 0.865. The van der Waals surface area contributed by atoms with E-state index in [0.29, 0.717) is 25.3 Å². The average Bonchev–Trinajstić information content (AvgIpc) is 2.55. The third-order valence-corrected chi connectivity index (χ3v) is 6.00. The molecule has 7 nitrogen and oxygen atoms in total. The number of benzene rings is 1. The summed E-state index contributed by atoms with van der Waals surface area (Å²) >= 11 is 0.